The summed E-state index contributed by atoms with van der Waals surface area (Å²) in [4.78, 5) is 0. The lowest BCUT2D eigenvalue weighted by Gasteiger charge is -2.43. The molecule has 2 fully saturated rings. The Balaban J connectivity index is 1.96. The zero-order valence-corrected chi connectivity index (χ0v) is 14.0. The lowest BCUT2D eigenvalue weighted by Crippen LogP contribution is -2.45. The molecular formula is C18H35NO. The fourth-order valence-corrected chi connectivity index (χ4v) is 4.81. The van der Waals surface area contributed by atoms with Crippen molar-refractivity contribution in [2.75, 3.05) is 6.54 Å². The molecule has 3 unspecified atom stereocenters. The van der Waals surface area contributed by atoms with Crippen LogP contribution in [0.1, 0.15) is 72.6 Å². The van der Waals surface area contributed by atoms with E-state index in [0.29, 0.717) is 17.9 Å². The monoisotopic (exact) mass is 281 g/mol. The number of rotatable bonds is 3. The lowest BCUT2D eigenvalue weighted by atomic mass is 9.65. The first kappa shape index (κ1) is 16.3. The second-order valence-electron chi connectivity index (χ2n) is 8.84. The topological polar surface area (TPSA) is 46.2 Å². The van der Waals surface area contributed by atoms with Crippen LogP contribution in [-0.2, 0) is 0 Å². The number of aliphatic hydroxyl groups excluding tert-OH is 1. The van der Waals surface area contributed by atoms with E-state index < -0.39 is 0 Å². The van der Waals surface area contributed by atoms with Crippen LogP contribution in [0.4, 0.5) is 0 Å². The summed E-state index contributed by atoms with van der Waals surface area (Å²) in [5, 5.41) is 11.0. The van der Waals surface area contributed by atoms with E-state index in [-0.39, 0.29) is 11.5 Å². The van der Waals surface area contributed by atoms with Crippen molar-refractivity contribution in [2.24, 2.45) is 34.3 Å². The summed E-state index contributed by atoms with van der Waals surface area (Å²) in [6.45, 7) is 10.0. The van der Waals surface area contributed by atoms with E-state index in [9.17, 15) is 5.11 Å². The normalized spacial score (nSPS) is 40.8. The van der Waals surface area contributed by atoms with Crippen molar-refractivity contribution in [1.82, 2.24) is 0 Å². The van der Waals surface area contributed by atoms with Gasteiger partial charge in [0.25, 0.3) is 0 Å². The Morgan fingerprint density at radius 3 is 2.15 bits per heavy atom. The summed E-state index contributed by atoms with van der Waals surface area (Å²) < 4.78 is 0. The smallest absolute Gasteiger partial charge is 0.0636 e. The highest BCUT2D eigenvalue weighted by Gasteiger charge is 2.46. The van der Waals surface area contributed by atoms with Gasteiger partial charge in [-0.2, -0.15) is 0 Å². The molecule has 118 valence electrons. The number of hydrogen-bond donors (Lipinski definition) is 2. The van der Waals surface area contributed by atoms with Crippen molar-refractivity contribution in [3.8, 4) is 0 Å². The highest BCUT2D eigenvalue weighted by atomic mass is 16.3. The van der Waals surface area contributed by atoms with Crippen LogP contribution in [0.15, 0.2) is 0 Å². The van der Waals surface area contributed by atoms with Gasteiger partial charge in [-0.15, -0.1) is 0 Å². The Hall–Kier alpha value is -0.0800. The third-order valence-electron chi connectivity index (χ3n) is 6.37. The molecule has 3 N–H and O–H groups in total. The van der Waals surface area contributed by atoms with Crippen molar-refractivity contribution in [1.29, 1.82) is 0 Å². The Kier molecular flexibility index (Phi) is 4.86. The van der Waals surface area contributed by atoms with Crippen LogP contribution in [0.25, 0.3) is 0 Å². The molecule has 0 spiro atoms. The third-order valence-corrected chi connectivity index (χ3v) is 6.37. The highest BCUT2D eigenvalue weighted by Crippen LogP contribution is 2.49. The molecule has 0 radical (unpaired) electrons. The SMILES string of the molecule is CC1CCC(CN)(C(O)C2CCC(C(C)(C)C)CC2)C1. The first-order chi connectivity index (χ1) is 9.28. The second kappa shape index (κ2) is 5.96. The molecule has 2 nitrogen and oxygen atoms in total. The summed E-state index contributed by atoms with van der Waals surface area (Å²) in [7, 11) is 0. The van der Waals surface area contributed by atoms with Gasteiger partial charge in [0.2, 0.25) is 0 Å². The number of nitrogens with two attached hydrogens (primary N) is 1. The Morgan fingerprint density at radius 1 is 1.15 bits per heavy atom. The molecule has 2 aliphatic carbocycles. The van der Waals surface area contributed by atoms with Gasteiger partial charge in [0.05, 0.1) is 6.10 Å². The molecule has 0 saturated heterocycles. The second-order valence-corrected chi connectivity index (χ2v) is 8.84. The van der Waals surface area contributed by atoms with Gasteiger partial charge >= 0.3 is 0 Å². The molecule has 0 bridgehead atoms. The summed E-state index contributed by atoms with van der Waals surface area (Å²) in [6, 6.07) is 0. The van der Waals surface area contributed by atoms with E-state index in [4.69, 9.17) is 5.73 Å². The minimum absolute atomic E-state index is 0.0264. The van der Waals surface area contributed by atoms with Crippen LogP contribution in [-0.4, -0.2) is 17.8 Å². The molecule has 2 rings (SSSR count). The van der Waals surface area contributed by atoms with E-state index in [1.807, 2.05) is 0 Å². The Labute approximate surface area is 125 Å². The zero-order chi connectivity index (χ0) is 15.0. The molecule has 2 heteroatoms. The van der Waals surface area contributed by atoms with Crippen LogP contribution in [0, 0.1) is 28.6 Å². The van der Waals surface area contributed by atoms with Crippen molar-refractivity contribution >= 4 is 0 Å². The van der Waals surface area contributed by atoms with Gasteiger partial charge in [0, 0.05) is 12.0 Å². The van der Waals surface area contributed by atoms with Crippen LogP contribution in [0.5, 0.6) is 0 Å². The van der Waals surface area contributed by atoms with Crippen molar-refractivity contribution in [3.05, 3.63) is 0 Å². The molecule has 2 aliphatic rings. The van der Waals surface area contributed by atoms with Gasteiger partial charge < -0.3 is 10.8 Å². The average Bonchev–Trinajstić information content (AvgIpc) is 2.80. The summed E-state index contributed by atoms with van der Waals surface area (Å²) in [5.74, 6) is 2.05. The minimum atomic E-state index is -0.168. The molecule has 3 atom stereocenters. The van der Waals surface area contributed by atoms with Crippen LogP contribution in [0.3, 0.4) is 0 Å². The van der Waals surface area contributed by atoms with E-state index in [0.717, 1.165) is 24.7 Å². The molecule has 0 heterocycles. The molecule has 2 saturated carbocycles. The lowest BCUT2D eigenvalue weighted by molar-refractivity contribution is -0.0355. The van der Waals surface area contributed by atoms with Crippen molar-refractivity contribution < 1.29 is 5.11 Å². The van der Waals surface area contributed by atoms with Gasteiger partial charge in [-0.1, -0.05) is 34.1 Å². The first-order valence-corrected chi connectivity index (χ1v) is 8.66. The van der Waals surface area contributed by atoms with Crippen LogP contribution < -0.4 is 5.73 Å². The molecular weight excluding hydrogens is 246 g/mol. The van der Waals surface area contributed by atoms with E-state index in [1.54, 1.807) is 0 Å². The predicted molar refractivity (Wildman–Crippen MR) is 85.4 cm³/mol. The maximum absolute atomic E-state index is 11.0. The first-order valence-electron chi connectivity index (χ1n) is 8.66. The summed E-state index contributed by atoms with van der Waals surface area (Å²) >= 11 is 0. The van der Waals surface area contributed by atoms with E-state index >= 15 is 0 Å². The van der Waals surface area contributed by atoms with Crippen LogP contribution in [0.2, 0.25) is 0 Å². The fraction of sp³-hybridized carbons (Fsp3) is 1.00. The van der Waals surface area contributed by atoms with Gasteiger partial charge in [0.1, 0.15) is 0 Å². The largest absolute Gasteiger partial charge is 0.392 e. The van der Waals surface area contributed by atoms with Gasteiger partial charge in [0.15, 0.2) is 0 Å². The molecule has 0 aromatic carbocycles. The molecule has 0 aliphatic heterocycles. The molecule has 0 aromatic heterocycles. The molecule has 0 aromatic rings. The maximum atomic E-state index is 11.0. The van der Waals surface area contributed by atoms with E-state index in [1.165, 1.54) is 32.1 Å². The Bertz CT molecular complexity index is 314. The summed E-state index contributed by atoms with van der Waals surface area (Å²) in [6.07, 6.45) is 8.28. The average molecular weight is 281 g/mol. The summed E-state index contributed by atoms with van der Waals surface area (Å²) in [5.41, 5.74) is 6.52. The van der Waals surface area contributed by atoms with Gasteiger partial charge in [-0.25, -0.2) is 0 Å². The van der Waals surface area contributed by atoms with Crippen molar-refractivity contribution in [3.63, 3.8) is 0 Å². The molecule has 0 amide bonds. The minimum Gasteiger partial charge on any atom is -0.392 e. The van der Waals surface area contributed by atoms with E-state index in [2.05, 4.69) is 27.7 Å². The number of hydrogen-bond acceptors (Lipinski definition) is 2. The highest BCUT2D eigenvalue weighted by molar-refractivity contribution is 4.97. The fourth-order valence-electron chi connectivity index (χ4n) is 4.81. The van der Waals surface area contributed by atoms with Gasteiger partial charge in [-0.05, 0) is 61.7 Å². The standard InChI is InChI=1S/C18H35NO/c1-13-9-10-18(11-13,12-19)16(20)14-5-7-15(8-6-14)17(2,3)4/h13-16,20H,5-12,19H2,1-4H3. The maximum Gasteiger partial charge on any atom is 0.0636 e. The van der Waals surface area contributed by atoms with Crippen molar-refractivity contribution in [2.45, 2.75) is 78.7 Å². The van der Waals surface area contributed by atoms with Gasteiger partial charge in [-0.3, -0.25) is 0 Å². The predicted octanol–water partition coefficient (Wildman–Crippen LogP) is 3.96. The quantitative estimate of drug-likeness (QED) is 0.822. The third kappa shape index (κ3) is 3.22. The Morgan fingerprint density at radius 2 is 1.75 bits per heavy atom. The van der Waals surface area contributed by atoms with Crippen LogP contribution >= 0.6 is 0 Å². The number of aliphatic hydroxyl groups is 1. The zero-order valence-electron chi connectivity index (χ0n) is 14.0. The molecule has 20 heavy (non-hydrogen) atoms.